The molecule has 0 saturated heterocycles. The van der Waals surface area contributed by atoms with E-state index in [1.165, 1.54) is 17.3 Å². The predicted octanol–water partition coefficient (Wildman–Crippen LogP) is 3.09. The van der Waals surface area contributed by atoms with Crippen LogP contribution in [0.4, 0.5) is 0 Å². The third-order valence-corrected chi connectivity index (χ3v) is 6.67. The maximum Gasteiger partial charge on any atom is 0.276 e. The number of carbonyl (C=O) groups excluding carboxylic acids is 1. The zero-order valence-electron chi connectivity index (χ0n) is 19.1. The molecule has 3 aromatic carbocycles. The van der Waals surface area contributed by atoms with E-state index in [1.54, 1.807) is 19.2 Å². The molecule has 172 valence electrons. The second-order valence-electron chi connectivity index (χ2n) is 7.95. The van der Waals surface area contributed by atoms with Gasteiger partial charge in [0.05, 0.1) is 19.6 Å². The van der Waals surface area contributed by atoms with Gasteiger partial charge in [0.2, 0.25) is 0 Å². The lowest BCUT2D eigenvalue weighted by atomic mass is 10.1. The molecule has 2 heterocycles. The Kier molecular flexibility index (Phi) is 5.98. The number of carbonyl (C=O) groups is 1. The molecule has 0 bridgehead atoms. The number of hydrogen-bond donors (Lipinski definition) is 1. The van der Waals surface area contributed by atoms with Gasteiger partial charge >= 0.3 is 0 Å². The molecule has 0 aliphatic carbocycles. The average molecular weight is 473 g/mol. The van der Waals surface area contributed by atoms with E-state index < -0.39 is 6.17 Å². The van der Waals surface area contributed by atoms with Gasteiger partial charge in [0.25, 0.3) is 5.91 Å². The number of nitrogens with one attached hydrogen (secondary N) is 1. The number of hydrazone groups is 1. The molecule has 2 aliphatic heterocycles. The van der Waals surface area contributed by atoms with Crippen molar-refractivity contribution in [1.29, 1.82) is 0 Å². The number of para-hydroxylation sites is 1. The van der Waals surface area contributed by atoms with Gasteiger partial charge in [0, 0.05) is 22.6 Å². The smallest absolute Gasteiger partial charge is 0.276 e. The number of aryl methyl sites for hydroxylation is 1. The first-order valence-corrected chi connectivity index (χ1v) is 11.8. The van der Waals surface area contributed by atoms with E-state index in [-0.39, 0.29) is 5.91 Å². The third-order valence-electron chi connectivity index (χ3n) is 5.73. The number of methoxy groups -OCH3 is 2. The van der Waals surface area contributed by atoms with E-state index in [4.69, 9.17) is 19.6 Å². The van der Waals surface area contributed by atoms with Gasteiger partial charge in [0.1, 0.15) is 17.2 Å². The van der Waals surface area contributed by atoms with Crippen molar-refractivity contribution in [2.24, 2.45) is 10.1 Å². The minimum Gasteiger partial charge on any atom is -0.497 e. The number of fused-ring (bicyclic) bond motifs is 2. The van der Waals surface area contributed by atoms with Crippen LogP contribution in [0, 0.1) is 6.92 Å². The summed E-state index contributed by atoms with van der Waals surface area (Å²) in [4.78, 5) is 18.3. The number of amides is 1. The van der Waals surface area contributed by atoms with E-state index in [0.717, 1.165) is 21.7 Å². The number of ether oxygens (including phenoxy) is 2. The molecule has 8 heteroatoms. The molecule has 1 amide bonds. The lowest BCUT2D eigenvalue weighted by Gasteiger charge is -2.34. The van der Waals surface area contributed by atoms with Crippen molar-refractivity contribution in [2.75, 3.05) is 14.2 Å². The summed E-state index contributed by atoms with van der Waals surface area (Å²) in [5.74, 6) is 1.77. The highest BCUT2D eigenvalue weighted by Crippen LogP contribution is 2.37. The number of thioether (sulfide) groups is 1. The average Bonchev–Trinajstić information content (AvgIpc) is 2.87. The van der Waals surface area contributed by atoms with Crippen molar-refractivity contribution < 1.29 is 14.3 Å². The Labute approximate surface area is 201 Å². The highest BCUT2D eigenvalue weighted by Gasteiger charge is 2.35. The normalized spacial score (nSPS) is 16.6. The van der Waals surface area contributed by atoms with Crippen molar-refractivity contribution in [1.82, 2.24) is 10.3 Å². The van der Waals surface area contributed by atoms with Gasteiger partial charge in [-0.05, 0) is 30.7 Å². The molecule has 7 nitrogen and oxygen atoms in total. The second-order valence-corrected chi connectivity index (χ2v) is 8.92. The van der Waals surface area contributed by atoms with Crippen LogP contribution in [-0.4, -0.2) is 30.3 Å². The Morgan fingerprint density at radius 1 is 1.03 bits per heavy atom. The topological polar surface area (TPSA) is 75.5 Å². The van der Waals surface area contributed by atoms with Crippen LogP contribution in [0.15, 0.2) is 76.8 Å². The predicted molar refractivity (Wildman–Crippen MR) is 133 cm³/mol. The zero-order valence-corrected chi connectivity index (χ0v) is 19.9. The molecule has 0 radical (unpaired) electrons. The molecule has 34 heavy (non-hydrogen) atoms. The van der Waals surface area contributed by atoms with Crippen molar-refractivity contribution in [3.8, 4) is 11.5 Å². The SMILES string of the molecule is COc1ccc([C@@H]2N=c3ccccc3=C3C(=O)NC(SCc4ccc(C)cc4)=NN32)c(OC)c1. The van der Waals surface area contributed by atoms with Crippen molar-refractivity contribution in [2.45, 2.75) is 18.8 Å². The van der Waals surface area contributed by atoms with Gasteiger partial charge in [-0.25, -0.2) is 5.01 Å². The number of rotatable bonds is 5. The fraction of sp³-hybridized carbons (Fsp3) is 0.192. The summed E-state index contributed by atoms with van der Waals surface area (Å²) in [7, 11) is 3.22. The van der Waals surface area contributed by atoms with Gasteiger partial charge < -0.3 is 9.47 Å². The monoisotopic (exact) mass is 472 g/mol. The molecule has 0 aromatic heterocycles. The van der Waals surface area contributed by atoms with Crippen LogP contribution in [0.3, 0.4) is 0 Å². The molecule has 1 N–H and O–H groups in total. The first kappa shape index (κ1) is 22.0. The third kappa shape index (κ3) is 4.12. The summed E-state index contributed by atoms with van der Waals surface area (Å²) in [6.45, 7) is 2.06. The molecule has 0 unspecified atom stereocenters. The van der Waals surface area contributed by atoms with Crippen molar-refractivity contribution in [3.05, 3.63) is 94.0 Å². The highest BCUT2D eigenvalue weighted by atomic mass is 32.2. The molecular formula is C26H24N4O3S. The number of hydrogen-bond acceptors (Lipinski definition) is 7. The molecule has 0 saturated carbocycles. The van der Waals surface area contributed by atoms with Gasteiger partial charge in [-0.15, -0.1) is 5.10 Å². The highest BCUT2D eigenvalue weighted by molar-refractivity contribution is 8.13. The minimum atomic E-state index is -0.563. The van der Waals surface area contributed by atoms with Gasteiger partial charge in [-0.1, -0.05) is 59.8 Å². The molecular weight excluding hydrogens is 448 g/mol. The Bertz CT molecular complexity index is 1400. The van der Waals surface area contributed by atoms with Crippen LogP contribution in [-0.2, 0) is 10.5 Å². The lowest BCUT2D eigenvalue weighted by molar-refractivity contribution is -0.116. The summed E-state index contributed by atoms with van der Waals surface area (Å²) in [5.41, 5.74) is 3.62. The van der Waals surface area contributed by atoms with E-state index >= 15 is 0 Å². The fourth-order valence-electron chi connectivity index (χ4n) is 3.96. The van der Waals surface area contributed by atoms with Crippen LogP contribution in [0.2, 0.25) is 0 Å². The Balaban J connectivity index is 1.58. The minimum absolute atomic E-state index is 0.207. The number of nitrogens with zero attached hydrogens (tertiary/aromatic N) is 3. The van der Waals surface area contributed by atoms with Crippen LogP contribution in [0.5, 0.6) is 11.5 Å². The first-order chi connectivity index (χ1) is 16.6. The molecule has 0 fully saturated rings. The molecule has 1 atom stereocenters. The second kappa shape index (κ2) is 9.23. The fourth-order valence-corrected chi connectivity index (χ4v) is 4.77. The maximum absolute atomic E-state index is 13.3. The van der Waals surface area contributed by atoms with E-state index in [9.17, 15) is 4.79 Å². The molecule has 2 aliphatic rings. The van der Waals surface area contributed by atoms with Crippen LogP contribution in [0.1, 0.15) is 22.9 Å². The summed E-state index contributed by atoms with van der Waals surface area (Å²) >= 11 is 1.48. The van der Waals surface area contributed by atoms with E-state index in [0.29, 0.717) is 28.1 Å². The van der Waals surface area contributed by atoms with E-state index in [1.807, 2.05) is 42.5 Å². The van der Waals surface area contributed by atoms with Crippen LogP contribution in [0.25, 0.3) is 5.70 Å². The van der Waals surface area contributed by atoms with Crippen LogP contribution >= 0.6 is 11.8 Å². The van der Waals surface area contributed by atoms with Crippen molar-refractivity contribution in [3.63, 3.8) is 0 Å². The quantitative estimate of drug-likeness (QED) is 0.618. The molecule has 5 rings (SSSR count). The van der Waals surface area contributed by atoms with Gasteiger partial charge in [-0.2, -0.15) is 0 Å². The van der Waals surface area contributed by atoms with Crippen LogP contribution < -0.4 is 25.4 Å². The Morgan fingerprint density at radius 3 is 2.59 bits per heavy atom. The standard InChI is InChI=1S/C26H24N4O3S/c1-16-8-10-17(11-9-16)15-34-26-28-25(31)23-19-6-4-5-7-21(19)27-24(30(23)29-26)20-13-12-18(32-2)14-22(20)33-3/h4-14,24H,15H2,1-3H3,(H,28,29,31)/t24-/m1/s1. The van der Waals surface area contributed by atoms with Crippen molar-refractivity contribution >= 4 is 28.5 Å². The summed E-state index contributed by atoms with van der Waals surface area (Å²) < 4.78 is 11.0. The maximum atomic E-state index is 13.3. The largest absolute Gasteiger partial charge is 0.497 e. The zero-order chi connectivity index (χ0) is 23.7. The number of amidine groups is 1. The molecule has 0 spiro atoms. The Hall–Kier alpha value is -3.78. The summed E-state index contributed by atoms with van der Waals surface area (Å²) in [5, 5.41) is 11.5. The van der Waals surface area contributed by atoms with E-state index in [2.05, 4.69) is 36.5 Å². The molecule has 3 aromatic rings. The van der Waals surface area contributed by atoms with Gasteiger partial charge in [-0.3, -0.25) is 15.1 Å². The van der Waals surface area contributed by atoms with Gasteiger partial charge in [0.15, 0.2) is 11.3 Å². The lowest BCUT2D eigenvalue weighted by Crippen LogP contribution is -2.50. The summed E-state index contributed by atoms with van der Waals surface area (Å²) in [6, 6.07) is 21.5. The Morgan fingerprint density at radius 2 is 1.82 bits per heavy atom. The number of benzene rings is 3. The summed E-state index contributed by atoms with van der Waals surface area (Å²) in [6.07, 6.45) is -0.563. The first-order valence-electron chi connectivity index (χ1n) is 10.8.